The molecule has 6 rings (SSSR count). The van der Waals surface area contributed by atoms with Crippen molar-refractivity contribution in [3.8, 4) is 11.5 Å². The molecular formula is C23H24N8O2. The number of hydrogen-bond acceptors (Lipinski definition) is 7. The van der Waals surface area contributed by atoms with Crippen LogP contribution in [0.4, 0.5) is 5.95 Å². The molecule has 10 heteroatoms. The first-order valence-electron chi connectivity index (χ1n) is 10.7. The van der Waals surface area contributed by atoms with Crippen molar-refractivity contribution < 1.29 is 9.47 Å². The molecule has 0 fully saturated rings. The van der Waals surface area contributed by atoms with E-state index < -0.39 is 0 Å². The van der Waals surface area contributed by atoms with Crippen molar-refractivity contribution in [1.82, 2.24) is 34.3 Å². The maximum atomic E-state index is 6.68. The third-order valence-electron chi connectivity index (χ3n) is 6.30. The van der Waals surface area contributed by atoms with Crippen molar-refractivity contribution in [3.63, 3.8) is 0 Å². The molecule has 0 aliphatic carbocycles. The van der Waals surface area contributed by atoms with Gasteiger partial charge in [0.1, 0.15) is 23.9 Å². The number of benzene rings is 1. The van der Waals surface area contributed by atoms with Gasteiger partial charge in [0.2, 0.25) is 5.95 Å². The molecule has 2 aliphatic rings. The van der Waals surface area contributed by atoms with Gasteiger partial charge < -0.3 is 14.8 Å². The Bertz CT molecular complexity index is 1430. The van der Waals surface area contributed by atoms with Gasteiger partial charge in [0.25, 0.3) is 0 Å². The third kappa shape index (κ3) is 2.86. The second-order valence-corrected chi connectivity index (χ2v) is 8.43. The molecule has 168 valence electrons. The quantitative estimate of drug-likeness (QED) is 0.519. The normalized spacial score (nSPS) is 18.8. The lowest BCUT2D eigenvalue weighted by molar-refractivity contribution is 0.222. The summed E-state index contributed by atoms with van der Waals surface area (Å²) in [5.41, 5.74) is 6.78. The maximum absolute atomic E-state index is 6.68. The molecule has 0 radical (unpaired) electrons. The Morgan fingerprint density at radius 3 is 2.42 bits per heavy atom. The van der Waals surface area contributed by atoms with Crippen molar-refractivity contribution >= 4 is 11.6 Å². The highest BCUT2D eigenvalue weighted by molar-refractivity contribution is 5.85. The van der Waals surface area contributed by atoms with Gasteiger partial charge in [-0.15, -0.1) is 0 Å². The Labute approximate surface area is 190 Å². The number of aryl methyl sites for hydroxylation is 4. The topological polar surface area (TPSA) is 96.8 Å². The Morgan fingerprint density at radius 2 is 1.76 bits per heavy atom. The van der Waals surface area contributed by atoms with Crippen molar-refractivity contribution in [2.45, 2.75) is 26.0 Å². The number of methoxy groups -OCH3 is 1. The molecule has 2 unspecified atom stereocenters. The van der Waals surface area contributed by atoms with Crippen LogP contribution in [0.25, 0.3) is 5.70 Å². The molecule has 0 spiro atoms. The van der Waals surface area contributed by atoms with E-state index in [0.717, 1.165) is 50.8 Å². The summed E-state index contributed by atoms with van der Waals surface area (Å²) in [7, 11) is 5.51. The van der Waals surface area contributed by atoms with Gasteiger partial charge in [-0.3, -0.25) is 9.36 Å². The van der Waals surface area contributed by atoms with Gasteiger partial charge in [0.15, 0.2) is 6.10 Å². The van der Waals surface area contributed by atoms with Gasteiger partial charge in [-0.05, 0) is 32.0 Å². The smallest absolute Gasteiger partial charge is 0.226 e. The van der Waals surface area contributed by atoms with E-state index in [1.54, 1.807) is 13.4 Å². The summed E-state index contributed by atoms with van der Waals surface area (Å²) in [6, 6.07) is 5.59. The molecule has 0 bridgehead atoms. The van der Waals surface area contributed by atoms with Crippen molar-refractivity contribution in [2.75, 3.05) is 12.4 Å². The number of hydrogen-bond donors (Lipinski definition) is 1. The van der Waals surface area contributed by atoms with Crippen LogP contribution in [-0.2, 0) is 14.1 Å². The monoisotopic (exact) mass is 444 g/mol. The second-order valence-electron chi connectivity index (χ2n) is 8.43. The van der Waals surface area contributed by atoms with Gasteiger partial charge in [0, 0.05) is 48.8 Å². The van der Waals surface area contributed by atoms with Crippen LogP contribution in [0.3, 0.4) is 0 Å². The summed E-state index contributed by atoms with van der Waals surface area (Å²) >= 11 is 0. The zero-order valence-electron chi connectivity index (χ0n) is 19.1. The molecule has 1 aromatic carbocycles. The van der Waals surface area contributed by atoms with E-state index in [9.17, 15) is 0 Å². The van der Waals surface area contributed by atoms with E-state index in [1.165, 1.54) is 0 Å². The number of anilines is 1. The highest BCUT2D eigenvalue weighted by Gasteiger charge is 2.43. The van der Waals surface area contributed by atoms with Crippen LogP contribution in [0, 0.1) is 13.8 Å². The van der Waals surface area contributed by atoms with Crippen molar-refractivity contribution in [2.24, 2.45) is 14.1 Å². The first-order valence-corrected chi connectivity index (χ1v) is 10.7. The van der Waals surface area contributed by atoms with Crippen LogP contribution < -0.4 is 14.8 Å². The zero-order valence-corrected chi connectivity index (χ0v) is 19.1. The number of nitrogens with zero attached hydrogens (tertiary/aromatic N) is 7. The molecule has 0 saturated carbocycles. The number of ether oxygens (including phenoxy) is 2. The molecular weight excluding hydrogens is 420 g/mol. The maximum Gasteiger partial charge on any atom is 0.226 e. The van der Waals surface area contributed by atoms with Crippen LogP contribution >= 0.6 is 0 Å². The van der Waals surface area contributed by atoms with Crippen LogP contribution in [0.2, 0.25) is 0 Å². The van der Waals surface area contributed by atoms with Crippen molar-refractivity contribution in [1.29, 1.82) is 0 Å². The number of aromatic nitrogens is 7. The Kier molecular flexibility index (Phi) is 4.13. The first kappa shape index (κ1) is 19.6. The lowest BCUT2D eigenvalue weighted by Gasteiger charge is -2.38. The average molecular weight is 444 g/mol. The summed E-state index contributed by atoms with van der Waals surface area (Å²) in [4.78, 5) is 4.49. The van der Waals surface area contributed by atoms with Crippen LogP contribution in [-0.4, -0.2) is 41.4 Å². The van der Waals surface area contributed by atoms with Gasteiger partial charge in [-0.25, -0.2) is 4.68 Å². The fourth-order valence-electron chi connectivity index (χ4n) is 4.89. The molecule has 4 aromatic rings. The average Bonchev–Trinajstić information content (AvgIpc) is 3.49. The zero-order chi connectivity index (χ0) is 22.9. The van der Waals surface area contributed by atoms with Crippen LogP contribution in [0.5, 0.6) is 11.5 Å². The molecule has 3 aromatic heterocycles. The Hall–Kier alpha value is -4.08. The molecule has 2 aliphatic heterocycles. The minimum atomic E-state index is -0.371. The first-order chi connectivity index (χ1) is 15.9. The van der Waals surface area contributed by atoms with Gasteiger partial charge >= 0.3 is 0 Å². The minimum Gasteiger partial charge on any atom is -0.497 e. The fourth-order valence-corrected chi connectivity index (χ4v) is 4.89. The largest absolute Gasteiger partial charge is 0.497 e. The Balaban J connectivity index is 1.66. The van der Waals surface area contributed by atoms with E-state index in [0.29, 0.717) is 5.95 Å². The van der Waals surface area contributed by atoms with E-state index >= 15 is 0 Å². The summed E-state index contributed by atoms with van der Waals surface area (Å²) in [6.07, 6.45) is 5.25. The van der Waals surface area contributed by atoms with Crippen LogP contribution in [0.15, 0.2) is 42.5 Å². The fraction of sp³-hybridized carbons (Fsp3) is 0.304. The van der Waals surface area contributed by atoms with Gasteiger partial charge in [-0.2, -0.15) is 20.3 Å². The molecule has 33 heavy (non-hydrogen) atoms. The standard InChI is InChI=1S/C23H24N8O2/c1-12-16(9-29(3)27-12)21-19-20(26-23-24-11-25-31(21)23)15-8-14(32-5)6-7-18(15)33-22(19)17-10-30(4)28-13(17)2/h6-11,21-22H,1-5H3,(H,24,25,26). The molecule has 1 N–H and O–H groups in total. The molecule has 5 heterocycles. The van der Waals surface area contributed by atoms with E-state index in [2.05, 4.69) is 25.6 Å². The van der Waals surface area contributed by atoms with Gasteiger partial charge in [-0.1, -0.05) is 0 Å². The molecule has 10 nitrogen and oxygen atoms in total. The minimum absolute atomic E-state index is 0.253. The predicted molar refractivity (Wildman–Crippen MR) is 121 cm³/mol. The van der Waals surface area contributed by atoms with Gasteiger partial charge in [0.05, 0.1) is 24.2 Å². The predicted octanol–water partition coefficient (Wildman–Crippen LogP) is 2.93. The number of nitrogens with one attached hydrogen (secondary N) is 1. The second kappa shape index (κ2) is 6.96. The molecule has 2 atom stereocenters. The number of rotatable bonds is 3. The molecule has 0 saturated heterocycles. The third-order valence-corrected chi connectivity index (χ3v) is 6.30. The molecule has 0 amide bonds. The summed E-state index contributed by atoms with van der Waals surface area (Å²) in [5.74, 6) is 2.19. The lowest BCUT2D eigenvalue weighted by atomic mass is 9.85. The van der Waals surface area contributed by atoms with E-state index in [4.69, 9.17) is 9.47 Å². The SMILES string of the molecule is COc1ccc2c(c1)C1=C(C(c3cn(C)nc3C)O2)C(c2cn(C)nc2C)n2ncnc2N1. The van der Waals surface area contributed by atoms with Crippen LogP contribution in [0.1, 0.15) is 40.2 Å². The summed E-state index contributed by atoms with van der Waals surface area (Å²) in [5, 5.41) is 17.3. The highest BCUT2D eigenvalue weighted by atomic mass is 16.5. The Morgan fingerprint density at radius 1 is 1.03 bits per heavy atom. The highest BCUT2D eigenvalue weighted by Crippen LogP contribution is 2.51. The van der Waals surface area contributed by atoms with E-state index in [1.807, 2.05) is 72.6 Å². The lowest BCUT2D eigenvalue weighted by Crippen LogP contribution is -2.32. The van der Waals surface area contributed by atoms with Crippen molar-refractivity contribution in [3.05, 3.63) is 70.6 Å². The number of fused-ring (bicyclic) bond motifs is 3. The van der Waals surface area contributed by atoms with E-state index in [-0.39, 0.29) is 12.1 Å². The summed E-state index contributed by atoms with van der Waals surface area (Å²) in [6.45, 7) is 4.02. The summed E-state index contributed by atoms with van der Waals surface area (Å²) < 4.78 is 17.7.